The second-order valence-corrected chi connectivity index (χ2v) is 8.53. The molecule has 0 spiro atoms. The molecular formula is C16H31IN4S2. The van der Waals surface area contributed by atoms with Crippen molar-refractivity contribution >= 4 is 53.0 Å². The third kappa shape index (κ3) is 8.60. The van der Waals surface area contributed by atoms with E-state index in [1.165, 1.54) is 4.88 Å². The number of nitrogens with zero attached hydrogens (tertiary/aromatic N) is 2. The zero-order chi connectivity index (χ0) is 16.6. The molecule has 1 aromatic rings. The Morgan fingerprint density at radius 1 is 1.39 bits per heavy atom. The lowest BCUT2D eigenvalue weighted by molar-refractivity contribution is 0.302. The van der Waals surface area contributed by atoms with E-state index in [-0.39, 0.29) is 28.7 Å². The zero-order valence-electron chi connectivity index (χ0n) is 15.0. The quantitative estimate of drug-likeness (QED) is 0.346. The summed E-state index contributed by atoms with van der Waals surface area (Å²) in [6.07, 6.45) is 2.13. The SMILES string of the molecule is CCNC(=NCC(C)(C)SC)NCC(c1cccs1)N(C)C.I. The fourth-order valence-corrected chi connectivity index (χ4v) is 3.00. The van der Waals surface area contributed by atoms with Gasteiger partial charge in [-0.2, -0.15) is 11.8 Å². The van der Waals surface area contributed by atoms with Crippen LogP contribution >= 0.6 is 47.1 Å². The molecule has 1 atom stereocenters. The Morgan fingerprint density at radius 2 is 2.09 bits per heavy atom. The smallest absolute Gasteiger partial charge is 0.191 e. The second kappa shape index (κ2) is 11.5. The standard InChI is InChI=1S/C16H30N4S2.HI/c1-7-17-15(19-12-16(2,3)21-6)18-11-13(20(4)5)14-9-8-10-22-14;/h8-10,13H,7,11-12H2,1-6H3,(H2,17,18,19);1H. The second-order valence-electron chi connectivity index (χ2n) is 6.03. The Labute approximate surface area is 166 Å². The van der Waals surface area contributed by atoms with Crippen LogP contribution in [0.25, 0.3) is 0 Å². The van der Waals surface area contributed by atoms with Gasteiger partial charge in [0, 0.05) is 22.7 Å². The lowest BCUT2D eigenvalue weighted by Gasteiger charge is -2.25. The van der Waals surface area contributed by atoms with Crippen molar-refractivity contribution in [2.24, 2.45) is 4.99 Å². The van der Waals surface area contributed by atoms with Crippen LogP contribution in [0.15, 0.2) is 22.5 Å². The van der Waals surface area contributed by atoms with E-state index in [9.17, 15) is 0 Å². The van der Waals surface area contributed by atoms with Gasteiger partial charge in [-0.1, -0.05) is 6.07 Å². The summed E-state index contributed by atoms with van der Waals surface area (Å²) >= 11 is 3.65. The van der Waals surface area contributed by atoms with Crippen molar-refractivity contribution in [2.75, 3.05) is 40.0 Å². The molecule has 0 saturated carbocycles. The molecule has 23 heavy (non-hydrogen) atoms. The molecule has 0 bridgehead atoms. The maximum atomic E-state index is 4.73. The zero-order valence-corrected chi connectivity index (χ0v) is 19.0. The largest absolute Gasteiger partial charge is 0.357 e. The summed E-state index contributed by atoms with van der Waals surface area (Å²) in [6.45, 7) is 9.06. The molecule has 1 heterocycles. The first-order valence-electron chi connectivity index (χ1n) is 7.66. The van der Waals surface area contributed by atoms with Crippen LogP contribution in [0, 0.1) is 0 Å². The normalized spacial score (nSPS) is 13.6. The van der Waals surface area contributed by atoms with Crippen LogP contribution in [-0.2, 0) is 0 Å². The minimum atomic E-state index is 0. The number of nitrogens with one attached hydrogen (secondary N) is 2. The highest BCUT2D eigenvalue weighted by molar-refractivity contribution is 14.0. The molecule has 2 N–H and O–H groups in total. The van der Waals surface area contributed by atoms with Crippen LogP contribution < -0.4 is 10.6 Å². The van der Waals surface area contributed by atoms with Gasteiger partial charge < -0.3 is 15.5 Å². The highest BCUT2D eigenvalue weighted by Gasteiger charge is 2.17. The van der Waals surface area contributed by atoms with E-state index in [0.717, 1.165) is 25.6 Å². The summed E-state index contributed by atoms with van der Waals surface area (Å²) in [5.74, 6) is 0.896. The van der Waals surface area contributed by atoms with Crippen LogP contribution in [-0.4, -0.2) is 55.6 Å². The van der Waals surface area contributed by atoms with Crippen molar-refractivity contribution in [1.82, 2.24) is 15.5 Å². The van der Waals surface area contributed by atoms with Gasteiger partial charge in [0.15, 0.2) is 5.96 Å². The first kappa shape index (κ1) is 23.0. The molecule has 134 valence electrons. The van der Waals surface area contributed by atoms with E-state index in [1.807, 2.05) is 11.8 Å². The number of hydrogen-bond donors (Lipinski definition) is 2. The van der Waals surface area contributed by atoms with E-state index in [1.54, 1.807) is 11.3 Å². The molecule has 0 saturated heterocycles. The Hall–Kier alpha value is 0.01000. The van der Waals surface area contributed by atoms with Gasteiger partial charge in [-0.05, 0) is 52.6 Å². The first-order valence-corrected chi connectivity index (χ1v) is 9.77. The molecule has 0 aliphatic carbocycles. The maximum Gasteiger partial charge on any atom is 0.191 e. The minimum absolute atomic E-state index is 0. The summed E-state index contributed by atoms with van der Waals surface area (Å²) in [6, 6.07) is 4.66. The molecule has 7 heteroatoms. The topological polar surface area (TPSA) is 39.7 Å². The molecular weight excluding hydrogens is 439 g/mol. The van der Waals surface area contributed by atoms with Gasteiger partial charge in [0.25, 0.3) is 0 Å². The highest BCUT2D eigenvalue weighted by Crippen LogP contribution is 2.23. The van der Waals surface area contributed by atoms with Gasteiger partial charge >= 0.3 is 0 Å². The van der Waals surface area contributed by atoms with E-state index in [4.69, 9.17) is 4.99 Å². The van der Waals surface area contributed by atoms with Crippen molar-refractivity contribution in [1.29, 1.82) is 0 Å². The maximum absolute atomic E-state index is 4.73. The van der Waals surface area contributed by atoms with Gasteiger partial charge in [0.1, 0.15) is 0 Å². The number of rotatable bonds is 8. The summed E-state index contributed by atoms with van der Waals surface area (Å²) in [7, 11) is 4.24. The van der Waals surface area contributed by atoms with Crippen LogP contribution in [0.4, 0.5) is 0 Å². The summed E-state index contributed by atoms with van der Waals surface area (Å²) in [5, 5.41) is 8.95. The Kier molecular flexibility index (Phi) is 11.5. The van der Waals surface area contributed by atoms with Gasteiger partial charge in [0.2, 0.25) is 0 Å². The third-order valence-corrected chi connectivity index (χ3v) is 5.68. The van der Waals surface area contributed by atoms with Crippen LogP contribution in [0.2, 0.25) is 0 Å². The number of thiophene rings is 1. The number of hydrogen-bond acceptors (Lipinski definition) is 4. The monoisotopic (exact) mass is 470 g/mol. The average molecular weight is 470 g/mol. The summed E-state index contributed by atoms with van der Waals surface area (Å²) in [5.41, 5.74) is 0. The number of guanidine groups is 1. The molecule has 0 fully saturated rings. The first-order chi connectivity index (χ1) is 10.4. The van der Waals surface area contributed by atoms with Crippen molar-refractivity contribution in [3.8, 4) is 0 Å². The van der Waals surface area contributed by atoms with Crippen molar-refractivity contribution in [2.45, 2.75) is 31.6 Å². The summed E-state index contributed by atoms with van der Waals surface area (Å²) in [4.78, 5) is 8.34. The van der Waals surface area contributed by atoms with Crippen LogP contribution in [0.5, 0.6) is 0 Å². The highest BCUT2D eigenvalue weighted by atomic mass is 127. The molecule has 4 nitrogen and oxygen atoms in total. The molecule has 0 aromatic carbocycles. The Balaban J connectivity index is 0.00000484. The Bertz CT molecular complexity index is 447. The van der Waals surface area contributed by atoms with Crippen LogP contribution in [0.1, 0.15) is 31.7 Å². The van der Waals surface area contributed by atoms with Crippen molar-refractivity contribution < 1.29 is 0 Å². The van der Waals surface area contributed by atoms with Gasteiger partial charge in [-0.15, -0.1) is 35.3 Å². The fraction of sp³-hybridized carbons (Fsp3) is 0.688. The van der Waals surface area contributed by atoms with Crippen LogP contribution in [0.3, 0.4) is 0 Å². The van der Waals surface area contributed by atoms with E-state index in [0.29, 0.717) is 6.04 Å². The molecule has 0 aliphatic heterocycles. The summed E-state index contributed by atoms with van der Waals surface area (Å²) < 4.78 is 0.164. The molecule has 1 aromatic heterocycles. The van der Waals surface area contributed by atoms with Crippen molar-refractivity contribution in [3.63, 3.8) is 0 Å². The van der Waals surface area contributed by atoms with E-state index in [2.05, 4.69) is 74.2 Å². The number of aliphatic imine (C=N–C) groups is 1. The van der Waals surface area contributed by atoms with E-state index >= 15 is 0 Å². The van der Waals surface area contributed by atoms with Crippen molar-refractivity contribution in [3.05, 3.63) is 22.4 Å². The molecule has 1 rings (SSSR count). The lowest BCUT2D eigenvalue weighted by atomic mass is 10.2. The number of thioether (sulfide) groups is 1. The molecule has 0 aliphatic rings. The van der Waals surface area contributed by atoms with Gasteiger partial charge in [0.05, 0.1) is 12.6 Å². The third-order valence-electron chi connectivity index (χ3n) is 3.47. The fourth-order valence-electron chi connectivity index (χ4n) is 1.89. The lowest BCUT2D eigenvalue weighted by Crippen LogP contribution is -2.42. The Morgan fingerprint density at radius 3 is 2.57 bits per heavy atom. The number of halogens is 1. The van der Waals surface area contributed by atoms with Gasteiger partial charge in [-0.25, -0.2) is 0 Å². The molecule has 1 unspecified atom stereocenters. The average Bonchev–Trinajstić information content (AvgIpc) is 2.98. The minimum Gasteiger partial charge on any atom is -0.357 e. The van der Waals surface area contributed by atoms with Gasteiger partial charge in [-0.3, -0.25) is 4.99 Å². The predicted octanol–water partition coefficient (Wildman–Crippen LogP) is 3.67. The van der Waals surface area contributed by atoms with E-state index < -0.39 is 0 Å². The number of likely N-dealkylation sites (N-methyl/N-ethyl adjacent to an activating group) is 1. The molecule has 0 radical (unpaired) electrons. The predicted molar refractivity (Wildman–Crippen MR) is 118 cm³/mol. The molecule has 0 amide bonds.